The Morgan fingerprint density at radius 2 is 2.03 bits per heavy atom. The molecule has 9 nitrogen and oxygen atoms in total. The number of ether oxygens (including phenoxy) is 2. The molecule has 0 aliphatic heterocycles. The molecule has 0 fully saturated rings. The van der Waals surface area contributed by atoms with Crippen molar-refractivity contribution >= 4 is 23.4 Å². The van der Waals surface area contributed by atoms with E-state index in [1.165, 1.54) is 11.8 Å². The highest BCUT2D eigenvalue weighted by molar-refractivity contribution is 7.99. The van der Waals surface area contributed by atoms with Crippen LogP contribution in [-0.4, -0.2) is 57.0 Å². The maximum atomic E-state index is 12.4. The molecule has 0 radical (unpaired) electrons. The van der Waals surface area contributed by atoms with E-state index in [1.807, 2.05) is 49.0 Å². The van der Waals surface area contributed by atoms with E-state index in [0.29, 0.717) is 30.0 Å². The first kappa shape index (κ1) is 20.9. The third-order valence-electron chi connectivity index (χ3n) is 4.22. The van der Waals surface area contributed by atoms with E-state index < -0.39 is 0 Å². The van der Waals surface area contributed by atoms with Crippen molar-refractivity contribution in [2.45, 2.75) is 18.6 Å². The highest BCUT2D eigenvalue weighted by Gasteiger charge is 2.21. The zero-order chi connectivity index (χ0) is 20.8. The Labute approximate surface area is 173 Å². The summed E-state index contributed by atoms with van der Waals surface area (Å²) in [6, 6.07) is 7.67. The van der Waals surface area contributed by atoms with Gasteiger partial charge in [-0.05, 0) is 18.6 Å². The lowest BCUT2D eigenvalue weighted by molar-refractivity contribution is -0.113. The van der Waals surface area contributed by atoms with Gasteiger partial charge in [-0.25, -0.2) is 0 Å². The third kappa shape index (κ3) is 4.96. The summed E-state index contributed by atoms with van der Waals surface area (Å²) < 4.78 is 14.1. The zero-order valence-electron chi connectivity index (χ0n) is 16.9. The molecule has 0 aliphatic carbocycles. The summed E-state index contributed by atoms with van der Waals surface area (Å²) in [6.07, 6.45) is 1.82. The highest BCUT2D eigenvalue weighted by atomic mass is 32.2. The van der Waals surface area contributed by atoms with E-state index in [0.717, 1.165) is 16.8 Å². The minimum absolute atomic E-state index is 0.105. The summed E-state index contributed by atoms with van der Waals surface area (Å²) in [5, 5.41) is 16.4. The van der Waals surface area contributed by atoms with Crippen LogP contribution >= 0.6 is 11.8 Å². The number of benzene rings is 1. The number of para-hydroxylation sites is 1. The van der Waals surface area contributed by atoms with Crippen LogP contribution in [0.5, 0.6) is 5.88 Å². The van der Waals surface area contributed by atoms with E-state index in [4.69, 9.17) is 9.47 Å². The summed E-state index contributed by atoms with van der Waals surface area (Å²) in [6.45, 7) is 2.98. The molecule has 0 saturated heterocycles. The minimum Gasteiger partial charge on any atom is -0.479 e. The molecule has 154 valence electrons. The number of nitrogens with zero attached hydrogens (tertiary/aromatic N) is 5. The van der Waals surface area contributed by atoms with Gasteiger partial charge in [0, 0.05) is 26.0 Å². The average Bonchev–Trinajstić information content (AvgIpc) is 3.28. The molecule has 3 aromatic rings. The van der Waals surface area contributed by atoms with Crippen LogP contribution in [0.1, 0.15) is 5.56 Å². The second-order valence-electron chi connectivity index (χ2n) is 6.33. The number of hydrogen-bond acceptors (Lipinski definition) is 7. The number of rotatable bonds is 9. The topological polar surface area (TPSA) is 96.1 Å². The molecule has 0 saturated carbocycles. The summed E-state index contributed by atoms with van der Waals surface area (Å²) in [5.41, 5.74) is 2.55. The van der Waals surface area contributed by atoms with Crippen molar-refractivity contribution < 1.29 is 14.3 Å². The number of carbonyl (C=O) groups excluding carboxylic acids is 1. The number of nitrogens with one attached hydrogen (secondary N) is 1. The Bertz CT molecular complexity index is 984. The molecule has 3 rings (SSSR count). The maximum absolute atomic E-state index is 12.4. The first-order valence-electron chi connectivity index (χ1n) is 9.02. The number of hydrogen-bond donors (Lipinski definition) is 1. The van der Waals surface area contributed by atoms with Crippen LogP contribution in [0.15, 0.2) is 35.6 Å². The van der Waals surface area contributed by atoms with Gasteiger partial charge in [0.2, 0.25) is 11.8 Å². The Balaban J connectivity index is 1.77. The van der Waals surface area contributed by atoms with Gasteiger partial charge in [0.25, 0.3) is 0 Å². The number of amides is 1. The summed E-state index contributed by atoms with van der Waals surface area (Å²) in [7, 11) is 5.01. The van der Waals surface area contributed by atoms with Gasteiger partial charge >= 0.3 is 0 Å². The number of aryl methyl sites for hydroxylation is 2. The van der Waals surface area contributed by atoms with Gasteiger partial charge in [0.05, 0.1) is 26.0 Å². The van der Waals surface area contributed by atoms with Crippen molar-refractivity contribution in [3.05, 3.63) is 36.0 Å². The van der Waals surface area contributed by atoms with Gasteiger partial charge in [0.1, 0.15) is 5.56 Å². The number of methoxy groups -OCH3 is 2. The lowest BCUT2D eigenvalue weighted by atomic mass is 10.2. The number of thioether (sulfide) groups is 1. The summed E-state index contributed by atoms with van der Waals surface area (Å²) >= 11 is 1.32. The van der Waals surface area contributed by atoms with Crippen molar-refractivity contribution in [2.24, 2.45) is 7.05 Å². The van der Waals surface area contributed by atoms with E-state index >= 15 is 0 Å². The number of anilines is 1. The van der Waals surface area contributed by atoms with Gasteiger partial charge in [0.15, 0.2) is 11.0 Å². The second kappa shape index (κ2) is 9.57. The lowest BCUT2D eigenvalue weighted by Crippen LogP contribution is -2.15. The molecule has 0 atom stereocenters. The largest absolute Gasteiger partial charge is 0.479 e. The maximum Gasteiger partial charge on any atom is 0.243 e. The smallest absolute Gasteiger partial charge is 0.243 e. The first-order valence-corrected chi connectivity index (χ1v) is 10.0. The molecular weight excluding hydrogens is 392 g/mol. The fraction of sp³-hybridized carbons (Fsp3) is 0.368. The van der Waals surface area contributed by atoms with Gasteiger partial charge in [-0.1, -0.05) is 30.0 Å². The molecular formula is C19H24N6O3S. The van der Waals surface area contributed by atoms with Gasteiger partial charge in [-0.2, -0.15) is 0 Å². The first-order chi connectivity index (χ1) is 14.0. The summed E-state index contributed by atoms with van der Waals surface area (Å²) in [4.78, 5) is 12.4. The SMILES string of the molecule is COCCn1c(SCC(=O)Nc2ccccc2C)nnc1-c1cn(C)nc1OC. The van der Waals surface area contributed by atoms with Crippen molar-refractivity contribution in [3.63, 3.8) is 0 Å². The van der Waals surface area contributed by atoms with E-state index in [1.54, 1.807) is 18.9 Å². The van der Waals surface area contributed by atoms with Gasteiger partial charge in [-0.3, -0.25) is 14.0 Å². The molecule has 29 heavy (non-hydrogen) atoms. The Kier molecular flexibility index (Phi) is 6.89. The van der Waals surface area contributed by atoms with Crippen LogP contribution in [0, 0.1) is 6.92 Å². The Morgan fingerprint density at radius 1 is 1.24 bits per heavy atom. The fourth-order valence-electron chi connectivity index (χ4n) is 2.78. The van der Waals surface area contributed by atoms with E-state index in [2.05, 4.69) is 20.6 Å². The number of aromatic nitrogens is 5. The molecule has 0 spiro atoms. The van der Waals surface area contributed by atoms with Crippen molar-refractivity contribution in [1.82, 2.24) is 24.5 Å². The van der Waals surface area contributed by atoms with Crippen molar-refractivity contribution in [1.29, 1.82) is 0 Å². The predicted molar refractivity (Wildman–Crippen MR) is 111 cm³/mol. The standard InChI is InChI=1S/C19H24N6O3S/c1-13-7-5-6-8-15(13)20-16(26)12-29-19-22-21-17(25(19)9-10-27-3)14-11-24(2)23-18(14)28-4/h5-8,11H,9-10,12H2,1-4H3,(H,20,26). The normalized spacial score (nSPS) is 10.9. The minimum atomic E-state index is -0.105. The third-order valence-corrected chi connectivity index (χ3v) is 5.18. The quantitative estimate of drug-likeness (QED) is 0.535. The zero-order valence-corrected chi connectivity index (χ0v) is 17.7. The fourth-order valence-corrected chi connectivity index (χ4v) is 3.55. The molecule has 0 unspecified atom stereocenters. The molecule has 0 aliphatic rings. The molecule has 1 amide bonds. The van der Waals surface area contributed by atoms with E-state index in [-0.39, 0.29) is 11.7 Å². The van der Waals surface area contributed by atoms with Crippen LogP contribution in [0.4, 0.5) is 5.69 Å². The van der Waals surface area contributed by atoms with Crippen LogP contribution in [-0.2, 0) is 23.1 Å². The van der Waals surface area contributed by atoms with Crippen molar-refractivity contribution in [3.8, 4) is 17.3 Å². The van der Waals surface area contributed by atoms with E-state index in [9.17, 15) is 4.79 Å². The average molecular weight is 417 g/mol. The number of carbonyl (C=O) groups is 1. The van der Waals surface area contributed by atoms with Crippen LogP contribution in [0.2, 0.25) is 0 Å². The predicted octanol–water partition coefficient (Wildman–Crippen LogP) is 2.37. The second-order valence-corrected chi connectivity index (χ2v) is 7.27. The molecule has 1 aromatic carbocycles. The molecule has 10 heteroatoms. The molecule has 0 bridgehead atoms. The van der Waals surface area contributed by atoms with Crippen LogP contribution in [0.3, 0.4) is 0 Å². The highest BCUT2D eigenvalue weighted by Crippen LogP contribution is 2.30. The molecule has 2 aromatic heterocycles. The van der Waals surface area contributed by atoms with Crippen LogP contribution in [0.25, 0.3) is 11.4 Å². The molecule has 1 N–H and O–H groups in total. The Morgan fingerprint density at radius 3 is 2.76 bits per heavy atom. The lowest BCUT2D eigenvalue weighted by Gasteiger charge is -2.10. The van der Waals surface area contributed by atoms with Gasteiger partial charge in [-0.15, -0.1) is 15.3 Å². The summed E-state index contributed by atoms with van der Waals surface area (Å²) in [5.74, 6) is 1.19. The Hall–Kier alpha value is -2.85. The van der Waals surface area contributed by atoms with Gasteiger partial charge < -0.3 is 14.8 Å². The van der Waals surface area contributed by atoms with Crippen LogP contribution < -0.4 is 10.1 Å². The monoisotopic (exact) mass is 416 g/mol. The molecule has 2 heterocycles. The van der Waals surface area contributed by atoms with Crippen molar-refractivity contribution in [2.75, 3.05) is 31.9 Å².